The Morgan fingerprint density at radius 3 is 1.90 bits per heavy atom. The van der Waals surface area contributed by atoms with E-state index in [9.17, 15) is 14.4 Å². The summed E-state index contributed by atoms with van der Waals surface area (Å²) in [6, 6.07) is 34.6. The third kappa shape index (κ3) is 9.58. The Hall–Kier alpha value is -6.00. The number of carbonyl (C=O) groups is 3. The maximum absolute atomic E-state index is 13.9. The van der Waals surface area contributed by atoms with Crippen LogP contribution >= 0.6 is 11.8 Å². The summed E-state index contributed by atoms with van der Waals surface area (Å²) in [6.07, 6.45) is 1.53. The summed E-state index contributed by atoms with van der Waals surface area (Å²) < 4.78 is 16.4. The average molecular weight is 702 g/mol. The van der Waals surface area contributed by atoms with Gasteiger partial charge in [-0.15, -0.1) is 11.8 Å². The standard InChI is InChI=1S/C41H39N3O6S/c1-26-19-27(2)21-32(20-26)43-41(47)38(29-13-8-6-9-14-29)51-33-18-12-17-31(25-33)42-40(46)34(44-39(45)30-15-10-7-11-16-30)22-28-23-35(48-3)37(50-5)36(24-28)49-4/h6-25,38H,1-5H3,(H,42,46)(H,43,47)(H,44,45)/b34-22+. The molecule has 0 aliphatic rings. The topological polar surface area (TPSA) is 115 Å². The minimum Gasteiger partial charge on any atom is -0.493 e. The molecule has 0 saturated heterocycles. The Morgan fingerprint density at radius 1 is 0.667 bits per heavy atom. The van der Waals surface area contributed by atoms with Crippen LogP contribution in [0.15, 0.2) is 126 Å². The number of amides is 3. The van der Waals surface area contributed by atoms with E-state index in [4.69, 9.17) is 14.2 Å². The first-order chi connectivity index (χ1) is 24.7. The van der Waals surface area contributed by atoms with Crippen LogP contribution in [0.25, 0.3) is 6.08 Å². The van der Waals surface area contributed by atoms with Crippen molar-refractivity contribution in [2.45, 2.75) is 24.0 Å². The molecule has 51 heavy (non-hydrogen) atoms. The predicted octanol–water partition coefficient (Wildman–Crippen LogP) is 8.21. The summed E-state index contributed by atoms with van der Waals surface area (Å²) in [7, 11) is 4.49. The number of nitrogens with one attached hydrogen (secondary N) is 3. The van der Waals surface area contributed by atoms with E-state index < -0.39 is 17.1 Å². The summed E-state index contributed by atoms with van der Waals surface area (Å²) in [5.41, 5.74) is 5.01. The SMILES string of the molecule is COc1cc(/C=C(/NC(=O)c2ccccc2)C(=O)Nc2cccc(SC(C(=O)Nc3cc(C)cc(C)c3)c3ccccc3)c2)cc(OC)c1OC. The molecular formula is C41H39N3O6S. The minimum absolute atomic E-state index is 0.0221. The molecule has 0 spiro atoms. The first-order valence-electron chi connectivity index (χ1n) is 16.1. The Kier molecular flexibility index (Phi) is 12.2. The van der Waals surface area contributed by atoms with Gasteiger partial charge in [0.25, 0.3) is 11.8 Å². The summed E-state index contributed by atoms with van der Waals surface area (Å²) >= 11 is 1.36. The number of hydrogen-bond donors (Lipinski definition) is 3. The van der Waals surface area contributed by atoms with E-state index in [1.807, 2.05) is 62.4 Å². The number of carbonyl (C=O) groups excluding carboxylic acids is 3. The monoisotopic (exact) mass is 701 g/mol. The zero-order valence-electron chi connectivity index (χ0n) is 29.0. The molecule has 0 aromatic heterocycles. The van der Waals surface area contributed by atoms with Gasteiger partial charge in [-0.2, -0.15) is 0 Å². The van der Waals surface area contributed by atoms with Gasteiger partial charge in [0.05, 0.1) is 21.3 Å². The molecule has 1 atom stereocenters. The highest BCUT2D eigenvalue weighted by atomic mass is 32.2. The number of thioether (sulfide) groups is 1. The predicted molar refractivity (Wildman–Crippen MR) is 203 cm³/mol. The normalized spacial score (nSPS) is 11.6. The van der Waals surface area contributed by atoms with E-state index in [0.717, 1.165) is 27.3 Å². The van der Waals surface area contributed by atoms with E-state index >= 15 is 0 Å². The van der Waals surface area contributed by atoms with Crippen LogP contribution in [-0.2, 0) is 9.59 Å². The first kappa shape index (κ1) is 36.3. The molecule has 0 fully saturated rings. The van der Waals surface area contributed by atoms with Crippen molar-refractivity contribution >= 4 is 46.9 Å². The van der Waals surface area contributed by atoms with Crippen LogP contribution in [0.1, 0.15) is 37.9 Å². The Morgan fingerprint density at radius 2 is 1.29 bits per heavy atom. The number of methoxy groups -OCH3 is 3. The molecule has 5 rings (SSSR count). The summed E-state index contributed by atoms with van der Waals surface area (Å²) in [5, 5.41) is 8.16. The van der Waals surface area contributed by atoms with E-state index in [0.29, 0.717) is 34.1 Å². The summed E-state index contributed by atoms with van der Waals surface area (Å²) in [4.78, 5) is 41.6. The smallest absolute Gasteiger partial charge is 0.272 e. The molecule has 9 nitrogen and oxygen atoms in total. The fourth-order valence-corrected chi connectivity index (χ4v) is 6.51. The van der Waals surface area contributed by atoms with Gasteiger partial charge in [0.15, 0.2) is 11.5 Å². The molecule has 0 aliphatic carbocycles. The number of aryl methyl sites for hydroxylation is 2. The van der Waals surface area contributed by atoms with Gasteiger partial charge < -0.3 is 30.2 Å². The van der Waals surface area contributed by atoms with Gasteiger partial charge in [0.2, 0.25) is 11.7 Å². The fourth-order valence-electron chi connectivity index (χ4n) is 5.43. The minimum atomic E-state index is -0.585. The van der Waals surface area contributed by atoms with Crippen molar-refractivity contribution in [3.05, 3.63) is 149 Å². The summed E-state index contributed by atoms with van der Waals surface area (Å²) in [6.45, 7) is 3.98. The van der Waals surface area contributed by atoms with Crippen molar-refractivity contribution in [2.24, 2.45) is 0 Å². The fraction of sp³-hybridized carbons (Fsp3) is 0.146. The quantitative estimate of drug-likeness (QED) is 0.0838. The molecule has 3 amide bonds. The molecule has 0 saturated carbocycles. The Labute approximate surface area is 302 Å². The van der Waals surface area contributed by atoms with Gasteiger partial charge in [-0.25, -0.2) is 0 Å². The lowest BCUT2D eigenvalue weighted by Crippen LogP contribution is -2.30. The van der Waals surface area contributed by atoms with Crippen molar-refractivity contribution in [2.75, 3.05) is 32.0 Å². The second-order valence-corrected chi connectivity index (χ2v) is 12.8. The van der Waals surface area contributed by atoms with E-state index in [2.05, 4.69) is 22.0 Å². The van der Waals surface area contributed by atoms with Gasteiger partial charge in [0, 0.05) is 21.8 Å². The van der Waals surface area contributed by atoms with Crippen molar-refractivity contribution in [3.63, 3.8) is 0 Å². The first-order valence-corrected chi connectivity index (χ1v) is 17.0. The molecule has 1 unspecified atom stereocenters. The van der Waals surface area contributed by atoms with Crippen LogP contribution in [0.4, 0.5) is 11.4 Å². The zero-order chi connectivity index (χ0) is 36.3. The number of benzene rings is 5. The maximum atomic E-state index is 13.9. The maximum Gasteiger partial charge on any atom is 0.272 e. The lowest BCUT2D eigenvalue weighted by molar-refractivity contribution is -0.116. The third-order valence-electron chi connectivity index (χ3n) is 7.70. The molecule has 10 heteroatoms. The lowest BCUT2D eigenvalue weighted by Gasteiger charge is -2.18. The third-order valence-corrected chi connectivity index (χ3v) is 8.95. The highest BCUT2D eigenvalue weighted by Gasteiger charge is 2.23. The molecule has 0 heterocycles. The Balaban J connectivity index is 1.43. The van der Waals surface area contributed by atoms with Gasteiger partial charge >= 0.3 is 0 Å². The number of rotatable bonds is 13. The van der Waals surface area contributed by atoms with Crippen molar-refractivity contribution < 1.29 is 28.6 Å². The zero-order valence-corrected chi connectivity index (χ0v) is 29.8. The van der Waals surface area contributed by atoms with E-state index in [1.165, 1.54) is 39.2 Å². The molecule has 0 aliphatic heterocycles. The molecular weight excluding hydrogens is 663 g/mol. The molecule has 0 radical (unpaired) electrons. The highest BCUT2D eigenvalue weighted by molar-refractivity contribution is 8.00. The van der Waals surface area contributed by atoms with Crippen molar-refractivity contribution in [1.29, 1.82) is 0 Å². The lowest BCUT2D eigenvalue weighted by atomic mass is 10.1. The van der Waals surface area contributed by atoms with Crippen molar-refractivity contribution in [3.8, 4) is 17.2 Å². The van der Waals surface area contributed by atoms with Crippen LogP contribution in [0.3, 0.4) is 0 Å². The number of hydrogen-bond acceptors (Lipinski definition) is 7. The molecule has 5 aromatic rings. The number of anilines is 2. The highest BCUT2D eigenvalue weighted by Crippen LogP contribution is 2.39. The van der Waals surface area contributed by atoms with Crippen molar-refractivity contribution in [1.82, 2.24) is 5.32 Å². The van der Waals surface area contributed by atoms with Gasteiger partial charge in [-0.3, -0.25) is 14.4 Å². The van der Waals surface area contributed by atoms with Crippen LogP contribution in [-0.4, -0.2) is 39.1 Å². The largest absolute Gasteiger partial charge is 0.493 e. The van der Waals surface area contributed by atoms with E-state index in [-0.39, 0.29) is 11.6 Å². The Bertz CT molecular complexity index is 2000. The second-order valence-electron chi connectivity index (χ2n) is 11.6. The number of ether oxygens (including phenoxy) is 3. The molecule has 260 valence electrons. The van der Waals surface area contributed by atoms with Crippen LogP contribution in [0.5, 0.6) is 17.2 Å². The van der Waals surface area contributed by atoms with Gasteiger partial charge in [-0.1, -0.05) is 60.7 Å². The summed E-state index contributed by atoms with van der Waals surface area (Å²) in [5.74, 6) is -0.0447. The molecule has 0 bridgehead atoms. The van der Waals surface area contributed by atoms with Gasteiger partial charge in [-0.05, 0) is 96.8 Å². The molecule has 3 N–H and O–H groups in total. The van der Waals surface area contributed by atoms with Crippen LogP contribution in [0, 0.1) is 13.8 Å². The molecule has 5 aromatic carbocycles. The second kappa shape index (κ2) is 17.1. The van der Waals surface area contributed by atoms with Crippen LogP contribution in [0.2, 0.25) is 0 Å². The van der Waals surface area contributed by atoms with Crippen LogP contribution < -0.4 is 30.2 Å². The van der Waals surface area contributed by atoms with Gasteiger partial charge in [0.1, 0.15) is 10.9 Å². The average Bonchev–Trinajstić information content (AvgIpc) is 3.13. The van der Waals surface area contributed by atoms with E-state index in [1.54, 1.807) is 60.7 Å².